The molecule has 1 aromatic heterocycles. The van der Waals surface area contributed by atoms with E-state index >= 15 is 0 Å². The van der Waals surface area contributed by atoms with Crippen LogP contribution in [0.3, 0.4) is 0 Å². The molecule has 3 rings (SSSR count). The van der Waals surface area contributed by atoms with Crippen LogP contribution < -0.4 is 15.4 Å². The topological polar surface area (TPSA) is 68.7 Å². The zero-order chi connectivity index (χ0) is 16.4. The Kier molecular flexibility index (Phi) is 4.43. The standard InChI is InChI=1S/C16H20ClN5O/c1-11-10-22(16(18)20-11)19-9-12-7-15(23-2)14(8-13(12)17)21-5-3-4-6-21/h7-10H,3-6H2,1-2H3,(H2,18,20). The number of ether oxygens (including phenoxy) is 1. The number of rotatable bonds is 4. The highest BCUT2D eigenvalue weighted by Gasteiger charge is 2.18. The van der Waals surface area contributed by atoms with Gasteiger partial charge in [-0.1, -0.05) is 11.6 Å². The normalized spacial score (nSPS) is 14.8. The van der Waals surface area contributed by atoms with Crippen LogP contribution in [-0.4, -0.2) is 36.1 Å². The molecule has 122 valence electrons. The largest absolute Gasteiger partial charge is 0.495 e. The van der Waals surface area contributed by atoms with Crippen molar-refractivity contribution in [3.8, 4) is 5.75 Å². The number of benzene rings is 1. The van der Waals surface area contributed by atoms with Gasteiger partial charge in [0.05, 0.1) is 35.9 Å². The highest BCUT2D eigenvalue weighted by Crippen LogP contribution is 2.35. The summed E-state index contributed by atoms with van der Waals surface area (Å²) < 4.78 is 7.05. The molecular formula is C16H20ClN5O. The maximum absolute atomic E-state index is 6.42. The van der Waals surface area contributed by atoms with Gasteiger partial charge in [-0.3, -0.25) is 0 Å². The van der Waals surface area contributed by atoms with E-state index < -0.39 is 0 Å². The number of aryl methyl sites for hydroxylation is 1. The molecule has 1 aliphatic heterocycles. The van der Waals surface area contributed by atoms with Crippen LogP contribution in [-0.2, 0) is 0 Å². The first-order chi connectivity index (χ1) is 11.1. The minimum absolute atomic E-state index is 0.343. The van der Waals surface area contributed by atoms with Crippen molar-refractivity contribution in [2.75, 3.05) is 30.8 Å². The first-order valence-electron chi connectivity index (χ1n) is 7.57. The second-order valence-corrected chi connectivity index (χ2v) is 5.98. The fourth-order valence-electron chi connectivity index (χ4n) is 2.75. The molecule has 0 bridgehead atoms. The second kappa shape index (κ2) is 6.50. The quantitative estimate of drug-likeness (QED) is 0.873. The molecule has 2 N–H and O–H groups in total. The fraction of sp³-hybridized carbons (Fsp3) is 0.375. The Hall–Kier alpha value is -2.21. The Balaban J connectivity index is 1.92. The summed E-state index contributed by atoms with van der Waals surface area (Å²) in [5.74, 6) is 1.14. The van der Waals surface area contributed by atoms with Gasteiger partial charge in [0.2, 0.25) is 5.95 Å². The molecule has 6 nitrogen and oxygen atoms in total. The lowest BCUT2D eigenvalue weighted by Crippen LogP contribution is -2.18. The highest BCUT2D eigenvalue weighted by molar-refractivity contribution is 6.33. The number of imidazole rings is 1. The molecule has 7 heteroatoms. The Bertz CT molecular complexity index is 734. The number of nitrogens with zero attached hydrogens (tertiary/aromatic N) is 4. The average Bonchev–Trinajstić information content (AvgIpc) is 3.15. The molecule has 2 heterocycles. The van der Waals surface area contributed by atoms with Gasteiger partial charge in [0.25, 0.3) is 0 Å². The molecule has 0 aliphatic carbocycles. The van der Waals surface area contributed by atoms with Gasteiger partial charge in [-0.05, 0) is 31.9 Å². The van der Waals surface area contributed by atoms with Crippen LogP contribution in [0.1, 0.15) is 24.1 Å². The van der Waals surface area contributed by atoms with E-state index in [0.29, 0.717) is 11.0 Å². The van der Waals surface area contributed by atoms with Gasteiger partial charge in [-0.25, -0.2) is 9.66 Å². The van der Waals surface area contributed by atoms with Crippen LogP contribution >= 0.6 is 11.6 Å². The minimum atomic E-state index is 0.343. The highest BCUT2D eigenvalue weighted by atomic mass is 35.5. The van der Waals surface area contributed by atoms with E-state index in [1.54, 1.807) is 19.5 Å². The summed E-state index contributed by atoms with van der Waals surface area (Å²) in [7, 11) is 1.67. The van der Waals surface area contributed by atoms with Gasteiger partial charge in [0.1, 0.15) is 5.75 Å². The predicted octanol–water partition coefficient (Wildman–Crippen LogP) is 2.92. The molecule has 0 saturated carbocycles. The maximum Gasteiger partial charge on any atom is 0.221 e. The van der Waals surface area contributed by atoms with Crippen molar-refractivity contribution >= 4 is 29.5 Å². The molecule has 2 aromatic rings. The molecule has 1 aromatic carbocycles. The van der Waals surface area contributed by atoms with E-state index in [-0.39, 0.29) is 0 Å². The SMILES string of the molecule is COc1cc(C=Nn2cc(C)nc2N)c(Cl)cc1N1CCCC1. The molecule has 1 aliphatic rings. The maximum atomic E-state index is 6.42. The molecular weight excluding hydrogens is 314 g/mol. The van der Waals surface area contributed by atoms with Crippen LogP contribution in [0.5, 0.6) is 5.75 Å². The number of halogens is 1. The Labute approximate surface area is 140 Å². The van der Waals surface area contributed by atoms with Crippen molar-refractivity contribution in [3.63, 3.8) is 0 Å². The lowest BCUT2D eigenvalue weighted by Gasteiger charge is -2.21. The van der Waals surface area contributed by atoms with E-state index in [1.165, 1.54) is 17.5 Å². The minimum Gasteiger partial charge on any atom is -0.495 e. The molecule has 0 unspecified atom stereocenters. The van der Waals surface area contributed by atoms with Gasteiger partial charge < -0.3 is 15.4 Å². The molecule has 0 atom stereocenters. The van der Waals surface area contributed by atoms with Gasteiger partial charge in [-0.2, -0.15) is 5.10 Å². The van der Waals surface area contributed by atoms with E-state index in [1.807, 2.05) is 19.1 Å². The first-order valence-corrected chi connectivity index (χ1v) is 7.94. The van der Waals surface area contributed by atoms with E-state index in [2.05, 4.69) is 15.0 Å². The van der Waals surface area contributed by atoms with Crippen LogP contribution in [0.15, 0.2) is 23.4 Å². The van der Waals surface area contributed by atoms with Gasteiger partial charge >= 0.3 is 0 Å². The number of hydrogen-bond donors (Lipinski definition) is 1. The number of aromatic nitrogens is 2. The fourth-order valence-corrected chi connectivity index (χ4v) is 2.95. The van der Waals surface area contributed by atoms with Crippen LogP contribution in [0.25, 0.3) is 0 Å². The zero-order valence-electron chi connectivity index (χ0n) is 13.3. The lowest BCUT2D eigenvalue weighted by atomic mass is 10.2. The average molecular weight is 334 g/mol. The van der Waals surface area contributed by atoms with Gasteiger partial charge in [0, 0.05) is 18.7 Å². The monoisotopic (exact) mass is 333 g/mol. The molecule has 0 radical (unpaired) electrons. The van der Waals surface area contributed by atoms with Crippen molar-refractivity contribution in [2.24, 2.45) is 5.10 Å². The first kappa shape index (κ1) is 15.7. The number of anilines is 2. The lowest BCUT2D eigenvalue weighted by molar-refractivity contribution is 0.415. The predicted molar refractivity (Wildman–Crippen MR) is 93.8 cm³/mol. The Morgan fingerprint density at radius 2 is 2.09 bits per heavy atom. The molecule has 0 amide bonds. The Morgan fingerprint density at radius 1 is 1.35 bits per heavy atom. The molecule has 1 fully saturated rings. The van der Waals surface area contributed by atoms with Crippen molar-refractivity contribution in [1.82, 2.24) is 9.66 Å². The van der Waals surface area contributed by atoms with Crippen LogP contribution in [0, 0.1) is 6.92 Å². The van der Waals surface area contributed by atoms with Crippen molar-refractivity contribution < 1.29 is 4.74 Å². The van der Waals surface area contributed by atoms with Crippen LogP contribution in [0.4, 0.5) is 11.6 Å². The van der Waals surface area contributed by atoms with Gasteiger partial charge in [0.15, 0.2) is 0 Å². The number of methoxy groups -OCH3 is 1. The van der Waals surface area contributed by atoms with Crippen molar-refractivity contribution in [3.05, 3.63) is 34.6 Å². The van der Waals surface area contributed by atoms with E-state index in [4.69, 9.17) is 22.1 Å². The summed E-state index contributed by atoms with van der Waals surface area (Å²) in [5.41, 5.74) is 8.40. The number of hydrogen-bond acceptors (Lipinski definition) is 5. The summed E-state index contributed by atoms with van der Waals surface area (Å²) in [6.45, 7) is 3.93. The summed E-state index contributed by atoms with van der Waals surface area (Å²) in [5, 5.41) is 4.94. The summed E-state index contributed by atoms with van der Waals surface area (Å²) >= 11 is 6.42. The smallest absolute Gasteiger partial charge is 0.221 e. The zero-order valence-corrected chi connectivity index (χ0v) is 14.0. The molecule has 0 spiro atoms. The third-order valence-corrected chi connectivity index (χ3v) is 4.23. The van der Waals surface area contributed by atoms with Crippen molar-refractivity contribution in [2.45, 2.75) is 19.8 Å². The summed E-state index contributed by atoms with van der Waals surface area (Å²) in [4.78, 5) is 6.40. The summed E-state index contributed by atoms with van der Waals surface area (Å²) in [6, 6.07) is 3.84. The Morgan fingerprint density at radius 3 is 2.70 bits per heavy atom. The third kappa shape index (κ3) is 3.27. The molecule has 23 heavy (non-hydrogen) atoms. The molecule has 1 saturated heterocycles. The third-order valence-electron chi connectivity index (χ3n) is 3.90. The number of nitrogen functional groups attached to an aromatic ring is 1. The van der Waals surface area contributed by atoms with E-state index in [9.17, 15) is 0 Å². The second-order valence-electron chi connectivity index (χ2n) is 5.57. The number of nitrogens with two attached hydrogens (primary N) is 1. The van der Waals surface area contributed by atoms with Crippen molar-refractivity contribution in [1.29, 1.82) is 0 Å². The van der Waals surface area contributed by atoms with Gasteiger partial charge in [-0.15, -0.1) is 0 Å². The van der Waals surface area contributed by atoms with Crippen LogP contribution in [0.2, 0.25) is 5.02 Å². The van der Waals surface area contributed by atoms with E-state index in [0.717, 1.165) is 35.8 Å². The summed E-state index contributed by atoms with van der Waals surface area (Å²) in [6.07, 6.45) is 5.82.